The standard InChI is InChI=1S/C5H8N2O2S/c8-5-6-3-1-2-10(9)4(3)7-5/h3-4H,1-2H2,(H2,6,7,8). The van der Waals surface area contributed by atoms with E-state index in [1.807, 2.05) is 0 Å². The van der Waals surface area contributed by atoms with E-state index >= 15 is 0 Å². The topological polar surface area (TPSA) is 58.2 Å². The highest BCUT2D eigenvalue weighted by atomic mass is 32.2. The highest BCUT2D eigenvalue weighted by molar-refractivity contribution is 7.86. The van der Waals surface area contributed by atoms with Crippen molar-refractivity contribution >= 4 is 16.8 Å². The highest BCUT2D eigenvalue weighted by Crippen LogP contribution is 2.18. The van der Waals surface area contributed by atoms with Gasteiger partial charge in [0.05, 0.1) is 6.04 Å². The summed E-state index contributed by atoms with van der Waals surface area (Å²) in [4.78, 5) is 10.6. The summed E-state index contributed by atoms with van der Waals surface area (Å²) in [6.07, 6.45) is 0.843. The van der Waals surface area contributed by atoms with Gasteiger partial charge in [-0.15, -0.1) is 0 Å². The van der Waals surface area contributed by atoms with Crippen LogP contribution in [0.15, 0.2) is 0 Å². The van der Waals surface area contributed by atoms with Crippen LogP contribution in [-0.4, -0.2) is 27.4 Å². The molecule has 56 valence electrons. The second-order valence-corrected chi connectivity index (χ2v) is 4.20. The van der Waals surface area contributed by atoms with E-state index in [0.29, 0.717) is 5.75 Å². The van der Waals surface area contributed by atoms with Gasteiger partial charge in [0, 0.05) is 16.6 Å². The van der Waals surface area contributed by atoms with Crippen LogP contribution in [0.25, 0.3) is 0 Å². The molecule has 0 aromatic rings. The van der Waals surface area contributed by atoms with E-state index in [2.05, 4.69) is 10.6 Å². The summed E-state index contributed by atoms with van der Waals surface area (Å²) >= 11 is 0. The second-order valence-electron chi connectivity index (χ2n) is 2.52. The normalized spacial score (nSPS) is 44.4. The maximum Gasteiger partial charge on any atom is 0.316 e. The van der Waals surface area contributed by atoms with Crippen LogP contribution in [0.4, 0.5) is 4.79 Å². The molecule has 2 aliphatic rings. The zero-order chi connectivity index (χ0) is 7.14. The fourth-order valence-corrected chi connectivity index (χ4v) is 2.91. The SMILES string of the molecule is O=C1NC2CCS(=O)C2N1. The molecule has 3 unspecified atom stereocenters. The maximum atomic E-state index is 11.1. The number of rotatable bonds is 0. The van der Waals surface area contributed by atoms with Gasteiger partial charge in [-0.2, -0.15) is 0 Å². The van der Waals surface area contributed by atoms with Gasteiger partial charge in [-0.25, -0.2) is 4.79 Å². The largest absolute Gasteiger partial charge is 0.332 e. The van der Waals surface area contributed by atoms with Crippen LogP contribution in [-0.2, 0) is 10.8 Å². The number of carbonyl (C=O) groups excluding carboxylic acids is 1. The summed E-state index contributed by atoms with van der Waals surface area (Å²) in [5.74, 6) is 0.711. The van der Waals surface area contributed by atoms with E-state index in [1.54, 1.807) is 0 Å². The Balaban J connectivity index is 2.19. The molecule has 0 aromatic heterocycles. The lowest BCUT2D eigenvalue weighted by Gasteiger charge is -2.02. The Morgan fingerprint density at radius 2 is 2.30 bits per heavy atom. The van der Waals surface area contributed by atoms with Crippen molar-refractivity contribution in [2.24, 2.45) is 0 Å². The fraction of sp³-hybridized carbons (Fsp3) is 0.800. The molecule has 2 rings (SSSR count). The molecule has 2 saturated heterocycles. The predicted octanol–water partition coefficient (Wildman–Crippen LogP) is -0.854. The van der Waals surface area contributed by atoms with Crippen LogP contribution < -0.4 is 10.6 Å². The molecule has 2 fully saturated rings. The highest BCUT2D eigenvalue weighted by Gasteiger charge is 2.40. The third kappa shape index (κ3) is 0.733. The Morgan fingerprint density at radius 1 is 1.50 bits per heavy atom. The molecule has 2 aliphatic heterocycles. The maximum absolute atomic E-state index is 11.1. The summed E-state index contributed by atoms with van der Waals surface area (Å²) in [6.45, 7) is 0. The van der Waals surface area contributed by atoms with Gasteiger partial charge in [0.2, 0.25) is 0 Å². The molecule has 0 saturated carbocycles. The number of nitrogens with one attached hydrogen (secondary N) is 2. The van der Waals surface area contributed by atoms with Gasteiger partial charge in [-0.3, -0.25) is 4.21 Å². The van der Waals surface area contributed by atoms with E-state index in [4.69, 9.17) is 0 Å². The number of carbonyl (C=O) groups is 1. The first-order valence-corrected chi connectivity index (χ1v) is 4.60. The smallest absolute Gasteiger partial charge is 0.316 e. The van der Waals surface area contributed by atoms with Gasteiger partial charge in [0.1, 0.15) is 5.37 Å². The van der Waals surface area contributed by atoms with Crippen molar-refractivity contribution in [2.75, 3.05) is 5.75 Å². The molecule has 2 heterocycles. The third-order valence-electron chi connectivity index (χ3n) is 1.87. The van der Waals surface area contributed by atoms with Crippen molar-refractivity contribution in [1.82, 2.24) is 10.6 Å². The minimum atomic E-state index is -0.843. The molecular formula is C5H8N2O2S. The van der Waals surface area contributed by atoms with Crippen molar-refractivity contribution in [1.29, 1.82) is 0 Å². The summed E-state index contributed by atoms with van der Waals surface area (Å²) in [7, 11) is -0.843. The summed E-state index contributed by atoms with van der Waals surface area (Å²) < 4.78 is 11.1. The van der Waals surface area contributed by atoms with Gasteiger partial charge >= 0.3 is 6.03 Å². The predicted molar refractivity (Wildman–Crippen MR) is 36.9 cm³/mol. The molecule has 3 atom stereocenters. The molecule has 4 nitrogen and oxygen atoms in total. The molecule has 0 bridgehead atoms. The Morgan fingerprint density at radius 3 is 3.00 bits per heavy atom. The quantitative estimate of drug-likeness (QED) is 0.485. The van der Waals surface area contributed by atoms with Crippen LogP contribution >= 0.6 is 0 Å². The molecule has 10 heavy (non-hydrogen) atoms. The molecule has 0 aliphatic carbocycles. The molecule has 0 spiro atoms. The summed E-state index contributed by atoms with van der Waals surface area (Å²) in [6, 6.07) is -0.0589. The van der Waals surface area contributed by atoms with Gasteiger partial charge in [0.25, 0.3) is 0 Å². The number of hydrogen-bond acceptors (Lipinski definition) is 2. The van der Waals surface area contributed by atoms with Crippen molar-refractivity contribution in [2.45, 2.75) is 17.8 Å². The Kier molecular flexibility index (Phi) is 1.20. The fourth-order valence-electron chi connectivity index (χ4n) is 1.36. The molecule has 0 aromatic carbocycles. The van der Waals surface area contributed by atoms with Gasteiger partial charge in [-0.1, -0.05) is 0 Å². The van der Waals surface area contributed by atoms with E-state index in [1.165, 1.54) is 0 Å². The number of urea groups is 1. The molecule has 0 radical (unpaired) electrons. The molecule has 2 amide bonds. The zero-order valence-electron chi connectivity index (χ0n) is 5.29. The molecular weight excluding hydrogens is 152 g/mol. The average Bonchev–Trinajstić information content (AvgIpc) is 2.35. The van der Waals surface area contributed by atoms with E-state index in [9.17, 15) is 9.00 Å². The number of hydrogen-bond donors (Lipinski definition) is 2. The van der Waals surface area contributed by atoms with Gasteiger partial charge in [-0.05, 0) is 6.42 Å². The first kappa shape index (κ1) is 6.15. The second kappa shape index (κ2) is 1.95. The van der Waals surface area contributed by atoms with E-state index in [0.717, 1.165) is 6.42 Å². The van der Waals surface area contributed by atoms with Crippen LogP contribution in [0.5, 0.6) is 0 Å². The average molecular weight is 160 g/mol. The summed E-state index contributed by atoms with van der Waals surface area (Å²) in [5, 5.41) is 5.20. The Bertz CT molecular complexity index is 206. The van der Waals surface area contributed by atoms with Crippen LogP contribution in [0, 0.1) is 0 Å². The lowest BCUT2D eigenvalue weighted by atomic mass is 10.2. The van der Waals surface area contributed by atoms with Crippen LogP contribution in [0.2, 0.25) is 0 Å². The lowest BCUT2D eigenvalue weighted by molar-refractivity contribution is 0.247. The van der Waals surface area contributed by atoms with Crippen LogP contribution in [0.1, 0.15) is 6.42 Å². The molecule has 5 heteroatoms. The van der Waals surface area contributed by atoms with Crippen molar-refractivity contribution in [3.05, 3.63) is 0 Å². The third-order valence-corrected chi connectivity index (χ3v) is 3.52. The van der Waals surface area contributed by atoms with Gasteiger partial charge in [0.15, 0.2) is 0 Å². The minimum Gasteiger partial charge on any atom is -0.332 e. The van der Waals surface area contributed by atoms with Crippen LogP contribution in [0.3, 0.4) is 0 Å². The number of fused-ring (bicyclic) bond motifs is 1. The first-order chi connectivity index (χ1) is 4.77. The zero-order valence-corrected chi connectivity index (χ0v) is 6.11. The van der Waals surface area contributed by atoms with Gasteiger partial charge < -0.3 is 10.6 Å². The van der Waals surface area contributed by atoms with E-state index in [-0.39, 0.29) is 17.4 Å². The summed E-state index contributed by atoms with van der Waals surface area (Å²) in [5.41, 5.74) is 0. The lowest BCUT2D eigenvalue weighted by Crippen LogP contribution is -2.30. The molecule has 2 N–H and O–H groups in total. The Labute approximate surface area is 60.8 Å². The van der Waals surface area contributed by atoms with Crippen molar-refractivity contribution in [3.8, 4) is 0 Å². The van der Waals surface area contributed by atoms with E-state index < -0.39 is 10.8 Å². The minimum absolute atomic E-state index is 0.118. The monoisotopic (exact) mass is 160 g/mol. The van der Waals surface area contributed by atoms with Crippen molar-refractivity contribution in [3.63, 3.8) is 0 Å². The number of amides is 2. The Hall–Kier alpha value is -0.580. The van der Waals surface area contributed by atoms with Crippen molar-refractivity contribution < 1.29 is 9.00 Å². The first-order valence-electron chi connectivity index (χ1n) is 3.21.